The largest absolute Gasteiger partial charge is 0.313 e. The molecule has 0 amide bonds. The van der Waals surface area contributed by atoms with Crippen LogP contribution in [0, 0.1) is 5.92 Å². The lowest BCUT2D eigenvalue weighted by molar-refractivity contribution is 0.318. The van der Waals surface area contributed by atoms with Gasteiger partial charge in [-0.1, -0.05) is 56.0 Å². The predicted molar refractivity (Wildman–Crippen MR) is 84.7 cm³/mol. The molecule has 0 spiro atoms. The number of likely N-dealkylation sites (tertiary alicyclic amines) is 1. The number of hydrogen-bond donors (Lipinski definition) is 1. The van der Waals surface area contributed by atoms with Crippen LogP contribution >= 0.6 is 0 Å². The highest BCUT2D eigenvalue weighted by Gasteiger charge is 2.22. The second-order valence-electron chi connectivity index (χ2n) is 6.60. The highest BCUT2D eigenvalue weighted by Crippen LogP contribution is 2.27. The number of benzene rings is 1. The van der Waals surface area contributed by atoms with Crippen LogP contribution < -0.4 is 5.32 Å². The van der Waals surface area contributed by atoms with E-state index in [1.54, 1.807) is 0 Å². The highest BCUT2D eigenvalue weighted by molar-refractivity contribution is 5.14. The molecule has 1 aliphatic heterocycles. The van der Waals surface area contributed by atoms with Gasteiger partial charge in [0.1, 0.15) is 0 Å². The van der Waals surface area contributed by atoms with Crippen molar-refractivity contribution in [3.8, 4) is 0 Å². The average Bonchev–Trinajstić information content (AvgIpc) is 3.12. The summed E-state index contributed by atoms with van der Waals surface area (Å²) in [7, 11) is 0. The molecule has 20 heavy (non-hydrogen) atoms. The first-order valence-corrected chi connectivity index (χ1v) is 8.40. The van der Waals surface area contributed by atoms with Gasteiger partial charge in [-0.15, -0.1) is 0 Å². The Kier molecular flexibility index (Phi) is 5.10. The summed E-state index contributed by atoms with van der Waals surface area (Å²) in [5.74, 6) is 1.02. The van der Waals surface area contributed by atoms with Crippen molar-refractivity contribution in [2.45, 2.75) is 51.1 Å². The molecule has 2 heteroatoms. The predicted octanol–water partition coefficient (Wildman–Crippen LogP) is 3.43. The van der Waals surface area contributed by atoms with E-state index < -0.39 is 0 Å². The van der Waals surface area contributed by atoms with Gasteiger partial charge in [-0.25, -0.2) is 0 Å². The minimum Gasteiger partial charge on any atom is -0.313 e. The first kappa shape index (κ1) is 14.1. The lowest BCUT2D eigenvalue weighted by Crippen LogP contribution is -2.33. The second kappa shape index (κ2) is 7.24. The molecule has 2 fully saturated rings. The van der Waals surface area contributed by atoms with E-state index >= 15 is 0 Å². The number of hydrogen-bond acceptors (Lipinski definition) is 2. The SMILES string of the molecule is c1ccc(CN2CCC(NCCC3CCCC3)C2)cc1. The van der Waals surface area contributed by atoms with Gasteiger partial charge < -0.3 is 5.32 Å². The Hall–Kier alpha value is -0.860. The molecule has 2 nitrogen and oxygen atoms in total. The summed E-state index contributed by atoms with van der Waals surface area (Å²) in [6, 6.07) is 11.6. The average molecular weight is 272 g/mol. The van der Waals surface area contributed by atoms with Gasteiger partial charge in [0.15, 0.2) is 0 Å². The molecular weight excluding hydrogens is 244 g/mol. The zero-order valence-corrected chi connectivity index (χ0v) is 12.6. The Morgan fingerprint density at radius 2 is 1.85 bits per heavy atom. The molecule has 2 aliphatic rings. The number of nitrogens with one attached hydrogen (secondary N) is 1. The maximum atomic E-state index is 3.78. The van der Waals surface area contributed by atoms with E-state index in [-0.39, 0.29) is 0 Å². The summed E-state index contributed by atoms with van der Waals surface area (Å²) in [6.07, 6.45) is 8.61. The lowest BCUT2D eigenvalue weighted by Gasteiger charge is -2.17. The van der Waals surface area contributed by atoms with Crippen LogP contribution in [-0.2, 0) is 6.54 Å². The molecule has 110 valence electrons. The molecule has 0 bridgehead atoms. The maximum absolute atomic E-state index is 3.78. The van der Waals surface area contributed by atoms with Gasteiger partial charge >= 0.3 is 0 Å². The summed E-state index contributed by atoms with van der Waals surface area (Å²) in [5, 5.41) is 3.78. The Morgan fingerprint density at radius 3 is 2.65 bits per heavy atom. The molecule has 1 N–H and O–H groups in total. The molecule has 1 saturated carbocycles. The van der Waals surface area contributed by atoms with Crippen molar-refractivity contribution >= 4 is 0 Å². The molecule has 3 rings (SSSR count). The Labute approximate surface area is 123 Å². The molecule has 0 radical (unpaired) electrons. The normalized spacial score (nSPS) is 24.5. The third-order valence-corrected chi connectivity index (χ3v) is 4.98. The summed E-state index contributed by atoms with van der Waals surface area (Å²) in [6.45, 7) is 4.81. The molecule has 1 saturated heterocycles. The Balaban J connectivity index is 1.34. The van der Waals surface area contributed by atoms with Crippen LogP contribution in [0.25, 0.3) is 0 Å². The van der Waals surface area contributed by atoms with Gasteiger partial charge in [0.25, 0.3) is 0 Å². The fraction of sp³-hybridized carbons (Fsp3) is 0.667. The fourth-order valence-electron chi connectivity index (χ4n) is 3.78. The van der Waals surface area contributed by atoms with E-state index in [1.807, 2.05) is 0 Å². The van der Waals surface area contributed by atoms with E-state index in [0.717, 1.165) is 18.5 Å². The van der Waals surface area contributed by atoms with Gasteiger partial charge in [-0.3, -0.25) is 4.90 Å². The minimum absolute atomic E-state index is 0.722. The first-order valence-electron chi connectivity index (χ1n) is 8.40. The van der Waals surface area contributed by atoms with Crippen molar-refractivity contribution in [3.05, 3.63) is 35.9 Å². The lowest BCUT2D eigenvalue weighted by atomic mass is 10.0. The van der Waals surface area contributed by atoms with Gasteiger partial charge in [-0.05, 0) is 30.9 Å². The molecular formula is C18H28N2. The molecule has 1 atom stereocenters. The summed E-state index contributed by atoms with van der Waals surface area (Å²) < 4.78 is 0. The van der Waals surface area contributed by atoms with Crippen molar-refractivity contribution in [2.24, 2.45) is 5.92 Å². The zero-order valence-electron chi connectivity index (χ0n) is 12.6. The molecule has 0 aromatic heterocycles. The smallest absolute Gasteiger partial charge is 0.0234 e. The van der Waals surface area contributed by atoms with Crippen molar-refractivity contribution in [3.63, 3.8) is 0 Å². The highest BCUT2D eigenvalue weighted by atomic mass is 15.2. The topological polar surface area (TPSA) is 15.3 Å². The van der Waals surface area contributed by atoms with Crippen molar-refractivity contribution in [2.75, 3.05) is 19.6 Å². The standard InChI is InChI=1S/C18H28N2/c1-2-8-17(9-3-1)14-20-13-11-18(15-20)19-12-10-16-6-4-5-7-16/h1-3,8-9,16,18-19H,4-7,10-15H2. The van der Waals surface area contributed by atoms with Crippen LogP contribution in [-0.4, -0.2) is 30.6 Å². The monoisotopic (exact) mass is 272 g/mol. The summed E-state index contributed by atoms with van der Waals surface area (Å²) in [5.41, 5.74) is 1.44. The summed E-state index contributed by atoms with van der Waals surface area (Å²) >= 11 is 0. The van der Waals surface area contributed by atoms with Crippen LogP contribution in [0.15, 0.2) is 30.3 Å². The third kappa shape index (κ3) is 4.07. The van der Waals surface area contributed by atoms with Crippen molar-refractivity contribution in [1.29, 1.82) is 0 Å². The Bertz CT molecular complexity index is 384. The quantitative estimate of drug-likeness (QED) is 0.853. The molecule has 1 heterocycles. The third-order valence-electron chi connectivity index (χ3n) is 4.98. The first-order chi connectivity index (χ1) is 9.90. The van der Waals surface area contributed by atoms with E-state index in [4.69, 9.17) is 0 Å². The minimum atomic E-state index is 0.722. The van der Waals surface area contributed by atoms with Crippen molar-refractivity contribution in [1.82, 2.24) is 10.2 Å². The van der Waals surface area contributed by atoms with E-state index in [0.29, 0.717) is 0 Å². The van der Waals surface area contributed by atoms with Gasteiger partial charge in [0, 0.05) is 25.7 Å². The van der Waals surface area contributed by atoms with E-state index in [1.165, 1.54) is 63.7 Å². The summed E-state index contributed by atoms with van der Waals surface area (Å²) in [4.78, 5) is 2.59. The molecule has 1 unspecified atom stereocenters. The van der Waals surface area contributed by atoms with Crippen LogP contribution in [0.1, 0.15) is 44.1 Å². The fourth-order valence-corrected chi connectivity index (χ4v) is 3.78. The number of nitrogens with zero attached hydrogens (tertiary/aromatic N) is 1. The number of rotatable bonds is 6. The Morgan fingerprint density at radius 1 is 1.05 bits per heavy atom. The molecule has 1 aromatic carbocycles. The maximum Gasteiger partial charge on any atom is 0.0234 e. The van der Waals surface area contributed by atoms with E-state index in [2.05, 4.69) is 40.5 Å². The van der Waals surface area contributed by atoms with Crippen LogP contribution in [0.5, 0.6) is 0 Å². The zero-order chi connectivity index (χ0) is 13.6. The van der Waals surface area contributed by atoms with Gasteiger partial charge in [0.2, 0.25) is 0 Å². The molecule has 1 aromatic rings. The second-order valence-corrected chi connectivity index (χ2v) is 6.60. The van der Waals surface area contributed by atoms with E-state index in [9.17, 15) is 0 Å². The van der Waals surface area contributed by atoms with Crippen LogP contribution in [0.4, 0.5) is 0 Å². The van der Waals surface area contributed by atoms with Gasteiger partial charge in [-0.2, -0.15) is 0 Å². The van der Waals surface area contributed by atoms with Crippen molar-refractivity contribution < 1.29 is 0 Å². The van der Waals surface area contributed by atoms with Crippen LogP contribution in [0.2, 0.25) is 0 Å². The van der Waals surface area contributed by atoms with Crippen LogP contribution in [0.3, 0.4) is 0 Å². The van der Waals surface area contributed by atoms with Gasteiger partial charge in [0.05, 0.1) is 0 Å². The molecule has 1 aliphatic carbocycles.